The summed E-state index contributed by atoms with van der Waals surface area (Å²) in [4.78, 5) is 28.3. The van der Waals surface area contributed by atoms with Crippen molar-refractivity contribution in [3.05, 3.63) is 42.5 Å². The number of Topliss-reactive ketones (excluding diaryl/α,β-unsaturated/α-hetero) is 1. The summed E-state index contributed by atoms with van der Waals surface area (Å²) in [5, 5.41) is 12.9. The number of rotatable bonds is 9. The van der Waals surface area contributed by atoms with E-state index in [1.54, 1.807) is 11.0 Å². The summed E-state index contributed by atoms with van der Waals surface area (Å²) < 4.78 is 28.9. The minimum Gasteiger partial charge on any atom is -0.370 e. The van der Waals surface area contributed by atoms with Gasteiger partial charge in [0.25, 0.3) is 0 Å². The Labute approximate surface area is 224 Å². The Bertz CT molecular complexity index is 1310. The van der Waals surface area contributed by atoms with Crippen LogP contribution in [0.2, 0.25) is 0 Å². The number of nitrogens with one attached hydrogen (secondary N) is 3. The second-order valence-corrected chi connectivity index (χ2v) is 12.4. The van der Waals surface area contributed by atoms with Crippen LogP contribution in [0.15, 0.2) is 47.4 Å². The van der Waals surface area contributed by atoms with Gasteiger partial charge in [-0.15, -0.1) is 0 Å². The maximum absolute atomic E-state index is 14.1. The molecule has 38 heavy (non-hydrogen) atoms. The molecular formula is C27H38N6O4S. The van der Waals surface area contributed by atoms with Crippen LogP contribution in [0.4, 0.5) is 0 Å². The molecular weight excluding hydrogens is 504 g/mol. The molecule has 0 aromatic heterocycles. The number of benzene rings is 2. The van der Waals surface area contributed by atoms with Crippen molar-refractivity contribution in [2.75, 3.05) is 26.2 Å². The van der Waals surface area contributed by atoms with Crippen LogP contribution in [0.25, 0.3) is 10.8 Å². The predicted molar refractivity (Wildman–Crippen MR) is 147 cm³/mol. The molecule has 0 bridgehead atoms. The number of amides is 1. The number of carbonyl (C=O) groups excluding carboxylic acids is 2. The van der Waals surface area contributed by atoms with Crippen LogP contribution in [0.5, 0.6) is 0 Å². The lowest BCUT2D eigenvalue weighted by atomic mass is 9.60. The molecule has 4 atom stereocenters. The van der Waals surface area contributed by atoms with Gasteiger partial charge in [0.15, 0.2) is 5.96 Å². The molecule has 0 aliphatic carbocycles. The van der Waals surface area contributed by atoms with Gasteiger partial charge in [-0.25, -0.2) is 8.42 Å². The number of ketones is 1. The van der Waals surface area contributed by atoms with Gasteiger partial charge in [0.05, 0.1) is 4.90 Å². The van der Waals surface area contributed by atoms with E-state index in [9.17, 15) is 18.0 Å². The van der Waals surface area contributed by atoms with E-state index < -0.39 is 27.4 Å². The number of likely N-dealkylation sites (tertiary alicyclic amines) is 1. The summed E-state index contributed by atoms with van der Waals surface area (Å²) in [7, 11) is -4.13. The summed E-state index contributed by atoms with van der Waals surface area (Å²) >= 11 is 0. The fourth-order valence-electron chi connectivity index (χ4n) is 6.03. The van der Waals surface area contributed by atoms with Crippen LogP contribution in [0.3, 0.4) is 0 Å². The maximum atomic E-state index is 14.1. The molecule has 7 N–H and O–H groups in total. The Hall–Kier alpha value is -3.02. The Morgan fingerprint density at radius 1 is 1.13 bits per heavy atom. The molecule has 206 valence electrons. The van der Waals surface area contributed by atoms with E-state index in [2.05, 4.69) is 10.0 Å². The number of nitrogens with two attached hydrogens (primary N) is 2. The van der Waals surface area contributed by atoms with Crippen molar-refractivity contribution in [1.82, 2.24) is 14.9 Å². The monoisotopic (exact) mass is 542 g/mol. The number of hydrogen-bond acceptors (Lipinski definition) is 6. The van der Waals surface area contributed by atoms with E-state index in [0.717, 1.165) is 43.0 Å². The molecule has 2 aliphatic rings. The lowest BCUT2D eigenvalue weighted by Crippen LogP contribution is -2.56. The highest BCUT2D eigenvalue weighted by Crippen LogP contribution is 2.45. The summed E-state index contributed by atoms with van der Waals surface area (Å²) in [5.74, 6) is -1.22. The zero-order chi connectivity index (χ0) is 27.5. The fourth-order valence-corrected chi connectivity index (χ4v) is 7.27. The lowest BCUT2D eigenvalue weighted by molar-refractivity contribution is -0.139. The smallest absolute Gasteiger partial charge is 0.241 e. The maximum Gasteiger partial charge on any atom is 0.241 e. The van der Waals surface area contributed by atoms with Gasteiger partial charge in [0.1, 0.15) is 11.8 Å². The molecule has 3 unspecified atom stereocenters. The first kappa shape index (κ1) is 28.0. The quantitative estimate of drug-likeness (QED) is 0.236. The average Bonchev–Trinajstić information content (AvgIpc) is 2.92. The Morgan fingerprint density at radius 3 is 2.50 bits per heavy atom. The molecule has 0 radical (unpaired) electrons. The first-order valence-corrected chi connectivity index (χ1v) is 14.6. The molecule has 11 heteroatoms. The molecule has 4 rings (SSSR count). The molecule has 2 aromatic rings. The average molecular weight is 543 g/mol. The summed E-state index contributed by atoms with van der Waals surface area (Å²) in [5.41, 5.74) is 10.6. The number of sulfonamides is 1. The molecule has 0 saturated carbocycles. The van der Waals surface area contributed by atoms with E-state index >= 15 is 0 Å². The van der Waals surface area contributed by atoms with Gasteiger partial charge in [0, 0.05) is 24.9 Å². The van der Waals surface area contributed by atoms with Crippen molar-refractivity contribution in [3.63, 3.8) is 0 Å². The topological polar surface area (TPSA) is 171 Å². The predicted octanol–water partition coefficient (Wildman–Crippen LogP) is 1.54. The highest BCUT2D eigenvalue weighted by Gasteiger charge is 2.49. The number of guanidine groups is 1. The molecule has 10 nitrogen and oxygen atoms in total. The van der Waals surface area contributed by atoms with Crippen LogP contribution in [-0.2, 0) is 19.6 Å². The van der Waals surface area contributed by atoms with Crippen LogP contribution in [0, 0.1) is 22.7 Å². The van der Waals surface area contributed by atoms with E-state index in [4.69, 9.17) is 16.9 Å². The largest absolute Gasteiger partial charge is 0.370 e. The Morgan fingerprint density at radius 2 is 1.84 bits per heavy atom. The minimum atomic E-state index is -4.13. The number of hydrogen-bond donors (Lipinski definition) is 5. The van der Waals surface area contributed by atoms with Gasteiger partial charge in [-0.05, 0) is 73.5 Å². The van der Waals surface area contributed by atoms with Gasteiger partial charge < -0.3 is 21.7 Å². The third-order valence-corrected chi connectivity index (χ3v) is 9.89. The van der Waals surface area contributed by atoms with Gasteiger partial charge in [0.2, 0.25) is 15.9 Å². The van der Waals surface area contributed by atoms with E-state index in [0.29, 0.717) is 19.6 Å². The van der Waals surface area contributed by atoms with Crippen molar-refractivity contribution < 1.29 is 18.0 Å². The van der Waals surface area contributed by atoms with Crippen molar-refractivity contribution >= 4 is 38.4 Å². The molecule has 2 aliphatic heterocycles. The number of carbonyl (C=O) groups is 2. The molecule has 2 aromatic carbocycles. The Kier molecular flexibility index (Phi) is 8.39. The number of piperidine rings is 2. The summed E-state index contributed by atoms with van der Waals surface area (Å²) in [6.07, 6.45) is 3.00. The van der Waals surface area contributed by atoms with E-state index in [-0.39, 0.29) is 34.9 Å². The van der Waals surface area contributed by atoms with Gasteiger partial charge >= 0.3 is 0 Å². The third kappa shape index (κ3) is 5.84. The second-order valence-electron chi connectivity index (χ2n) is 10.7. The molecule has 2 fully saturated rings. The zero-order valence-corrected chi connectivity index (χ0v) is 22.6. The zero-order valence-electron chi connectivity index (χ0n) is 21.8. The number of nitrogens with zero attached hydrogens (tertiary/aromatic N) is 1. The van der Waals surface area contributed by atoms with E-state index in [1.165, 1.54) is 12.1 Å². The van der Waals surface area contributed by atoms with Crippen LogP contribution >= 0.6 is 0 Å². The normalized spacial score (nSPS) is 22.9. The van der Waals surface area contributed by atoms with E-state index in [1.807, 2.05) is 31.2 Å². The number of primary amides is 1. The van der Waals surface area contributed by atoms with Crippen LogP contribution in [-0.4, -0.2) is 63.2 Å². The standard InChI is InChI=1S/C27H38N6O4S/c1-27(20-8-4-12-31-16-20,21-9-5-13-33(17-21)26(29)30)24(34)15-23(25(28)35)32-38(36,37)22-11-10-18-6-2-3-7-19(18)14-22/h2-3,6-7,10-11,14,20-21,23,31-32H,4-5,8-9,12-13,15-17H2,1H3,(H2,28,35)(H3,29,30)/t20?,21-,23?,27?/m1/s1. The van der Waals surface area contributed by atoms with Crippen molar-refractivity contribution in [3.8, 4) is 0 Å². The second kappa shape index (κ2) is 11.4. The molecule has 0 spiro atoms. The summed E-state index contributed by atoms with van der Waals surface area (Å²) in [6, 6.07) is 10.7. The van der Waals surface area contributed by atoms with Gasteiger partial charge in [-0.2, -0.15) is 4.72 Å². The molecule has 1 amide bonds. The van der Waals surface area contributed by atoms with Crippen LogP contribution in [0.1, 0.15) is 39.0 Å². The van der Waals surface area contributed by atoms with Crippen LogP contribution < -0.4 is 21.5 Å². The third-order valence-electron chi connectivity index (χ3n) is 8.42. The van der Waals surface area contributed by atoms with Gasteiger partial charge in [-0.1, -0.05) is 37.3 Å². The fraction of sp³-hybridized carbons (Fsp3) is 0.519. The highest BCUT2D eigenvalue weighted by atomic mass is 32.2. The molecule has 2 heterocycles. The first-order valence-electron chi connectivity index (χ1n) is 13.2. The SMILES string of the molecule is CC(C(=O)CC(NS(=O)(=O)c1ccc2ccccc2c1)C(N)=O)(C1CCCNC1)[C@@H]1CCCN(C(=N)N)C1. The summed E-state index contributed by atoms with van der Waals surface area (Å²) in [6.45, 7) is 4.59. The van der Waals surface area contributed by atoms with Crippen molar-refractivity contribution in [2.45, 2.75) is 50.0 Å². The van der Waals surface area contributed by atoms with Crippen molar-refractivity contribution in [2.24, 2.45) is 28.7 Å². The van der Waals surface area contributed by atoms with Gasteiger partial charge in [-0.3, -0.25) is 15.0 Å². The molecule has 2 saturated heterocycles. The highest BCUT2D eigenvalue weighted by molar-refractivity contribution is 7.89. The lowest BCUT2D eigenvalue weighted by Gasteiger charge is -2.48. The minimum absolute atomic E-state index is 0.00137. The first-order chi connectivity index (χ1) is 18.0. The number of fused-ring (bicyclic) bond motifs is 1. The Balaban J connectivity index is 1.59. The van der Waals surface area contributed by atoms with Crippen molar-refractivity contribution in [1.29, 1.82) is 5.41 Å².